The summed E-state index contributed by atoms with van der Waals surface area (Å²) in [5.41, 5.74) is 5.64. The molecule has 21 heavy (non-hydrogen) atoms. The monoisotopic (exact) mass is 297 g/mol. The van der Waals surface area contributed by atoms with Crippen molar-refractivity contribution in [3.63, 3.8) is 0 Å². The molecule has 0 heterocycles. The summed E-state index contributed by atoms with van der Waals surface area (Å²) in [6, 6.07) is 3.27. The molecule has 1 amide bonds. The lowest BCUT2D eigenvalue weighted by Crippen LogP contribution is -2.30. The first-order valence-electron chi connectivity index (χ1n) is 6.20. The van der Waals surface area contributed by atoms with Crippen LogP contribution in [0.2, 0.25) is 0 Å². The average Bonchev–Trinajstić information content (AvgIpc) is 2.45. The van der Waals surface area contributed by atoms with Crippen LogP contribution < -0.4 is 19.9 Å². The van der Waals surface area contributed by atoms with Crippen molar-refractivity contribution in [2.24, 2.45) is 5.73 Å². The number of nitrogens with two attached hydrogens (primary N) is 1. The van der Waals surface area contributed by atoms with Crippen molar-refractivity contribution in [3.8, 4) is 17.2 Å². The number of primary amides is 1. The van der Waals surface area contributed by atoms with E-state index in [0.717, 1.165) is 0 Å². The second kappa shape index (κ2) is 7.37. The van der Waals surface area contributed by atoms with E-state index in [9.17, 15) is 9.59 Å². The van der Waals surface area contributed by atoms with Crippen molar-refractivity contribution in [1.29, 1.82) is 0 Å². The van der Waals surface area contributed by atoms with Crippen LogP contribution >= 0.6 is 0 Å². The summed E-state index contributed by atoms with van der Waals surface area (Å²) in [7, 11) is 4.45. The number of methoxy groups -OCH3 is 3. The molecule has 0 saturated heterocycles. The minimum atomic E-state index is -0.973. The molecule has 0 saturated carbocycles. The molecule has 0 aliphatic heterocycles. The van der Waals surface area contributed by atoms with E-state index in [-0.39, 0.29) is 6.42 Å². The zero-order valence-corrected chi connectivity index (χ0v) is 12.5. The maximum atomic E-state index is 11.7. The van der Waals surface area contributed by atoms with Crippen LogP contribution in [0.25, 0.3) is 0 Å². The minimum Gasteiger partial charge on any atom is -0.493 e. The Bertz CT molecular complexity index is 503. The van der Waals surface area contributed by atoms with E-state index in [4.69, 9.17) is 24.7 Å². The topological polar surface area (TPSA) is 97.1 Å². The molecule has 1 rings (SSSR count). The summed E-state index contributed by atoms with van der Waals surface area (Å²) < 4.78 is 20.5. The quantitative estimate of drug-likeness (QED) is 0.743. The van der Waals surface area contributed by atoms with Crippen molar-refractivity contribution < 1.29 is 28.5 Å². The largest absolute Gasteiger partial charge is 0.493 e. The van der Waals surface area contributed by atoms with Gasteiger partial charge in [-0.3, -0.25) is 9.59 Å². The normalized spacial score (nSPS) is 11.4. The van der Waals surface area contributed by atoms with Gasteiger partial charge in [0.15, 0.2) is 17.6 Å². The highest BCUT2D eigenvalue weighted by atomic mass is 16.5. The summed E-state index contributed by atoms with van der Waals surface area (Å²) in [5, 5.41) is 0. The molecule has 1 aromatic carbocycles. The number of hydrogen-bond acceptors (Lipinski definition) is 6. The smallest absolute Gasteiger partial charge is 0.311 e. The lowest BCUT2D eigenvalue weighted by atomic mass is 10.1. The second-order valence-corrected chi connectivity index (χ2v) is 4.24. The molecule has 0 unspecified atom stereocenters. The van der Waals surface area contributed by atoms with Crippen LogP contribution in [0.5, 0.6) is 17.2 Å². The molecule has 7 nitrogen and oxygen atoms in total. The summed E-state index contributed by atoms with van der Waals surface area (Å²) >= 11 is 0. The first-order valence-corrected chi connectivity index (χ1v) is 6.20. The Labute approximate surface area is 122 Å². The van der Waals surface area contributed by atoms with Gasteiger partial charge in [-0.25, -0.2) is 0 Å². The molecule has 0 bridgehead atoms. The number of benzene rings is 1. The van der Waals surface area contributed by atoms with Gasteiger partial charge in [0.2, 0.25) is 5.75 Å². The van der Waals surface area contributed by atoms with Gasteiger partial charge in [-0.05, 0) is 24.6 Å². The van der Waals surface area contributed by atoms with Gasteiger partial charge in [-0.1, -0.05) is 0 Å². The third-order valence-electron chi connectivity index (χ3n) is 2.78. The van der Waals surface area contributed by atoms with Crippen LogP contribution in [0.3, 0.4) is 0 Å². The van der Waals surface area contributed by atoms with Gasteiger partial charge in [-0.15, -0.1) is 0 Å². The van der Waals surface area contributed by atoms with Crippen molar-refractivity contribution in [1.82, 2.24) is 0 Å². The molecule has 0 aromatic heterocycles. The summed E-state index contributed by atoms with van der Waals surface area (Å²) in [6.07, 6.45) is -1.02. The molecule has 0 aliphatic carbocycles. The first kappa shape index (κ1) is 16.6. The molecule has 0 fully saturated rings. The molecular formula is C14H19NO6. The van der Waals surface area contributed by atoms with E-state index >= 15 is 0 Å². The predicted molar refractivity (Wildman–Crippen MR) is 74.6 cm³/mol. The van der Waals surface area contributed by atoms with Crippen LogP contribution in [0.4, 0.5) is 0 Å². The molecule has 1 atom stereocenters. The molecule has 1 aromatic rings. The second-order valence-electron chi connectivity index (χ2n) is 4.24. The summed E-state index contributed by atoms with van der Waals surface area (Å²) in [4.78, 5) is 22.6. The molecule has 116 valence electrons. The van der Waals surface area contributed by atoms with E-state index in [0.29, 0.717) is 22.8 Å². The summed E-state index contributed by atoms with van der Waals surface area (Å²) in [6.45, 7) is 1.41. The fraction of sp³-hybridized carbons (Fsp3) is 0.429. The van der Waals surface area contributed by atoms with Crippen LogP contribution in [-0.2, 0) is 20.7 Å². The molecular weight excluding hydrogens is 278 g/mol. The van der Waals surface area contributed by atoms with E-state index in [2.05, 4.69) is 0 Å². The molecule has 7 heteroatoms. The lowest BCUT2D eigenvalue weighted by molar-refractivity contribution is -0.153. The number of amides is 1. The Kier molecular flexibility index (Phi) is 5.83. The highest BCUT2D eigenvalue weighted by Crippen LogP contribution is 2.38. The SMILES string of the molecule is COc1cc(CC(=O)O[C@H](C)C(N)=O)cc(OC)c1OC. The Hall–Kier alpha value is -2.44. The molecule has 0 spiro atoms. The number of hydrogen-bond donors (Lipinski definition) is 1. The van der Waals surface area contributed by atoms with Crippen LogP contribution in [0, 0.1) is 0 Å². The molecule has 0 radical (unpaired) electrons. The Balaban J connectivity index is 2.93. The van der Waals surface area contributed by atoms with Gasteiger partial charge in [0.1, 0.15) is 0 Å². The predicted octanol–water partition coefficient (Wildman–Crippen LogP) is 0.672. The highest BCUT2D eigenvalue weighted by molar-refractivity contribution is 5.82. The number of carbonyl (C=O) groups is 2. The Morgan fingerprint density at radius 1 is 1.10 bits per heavy atom. The fourth-order valence-corrected chi connectivity index (χ4v) is 1.70. The van der Waals surface area contributed by atoms with Crippen molar-refractivity contribution in [2.75, 3.05) is 21.3 Å². The third-order valence-corrected chi connectivity index (χ3v) is 2.78. The summed E-state index contributed by atoms with van der Waals surface area (Å²) in [5.74, 6) is 0.0247. The van der Waals surface area contributed by atoms with Crippen molar-refractivity contribution in [3.05, 3.63) is 17.7 Å². The number of esters is 1. The number of ether oxygens (including phenoxy) is 4. The maximum absolute atomic E-state index is 11.7. The lowest BCUT2D eigenvalue weighted by Gasteiger charge is -2.14. The van der Waals surface area contributed by atoms with Gasteiger partial charge in [0.25, 0.3) is 5.91 Å². The van der Waals surface area contributed by atoms with Crippen molar-refractivity contribution in [2.45, 2.75) is 19.4 Å². The Morgan fingerprint density at radius 3 is 2.00 bits per heavy atom. The van der Waals surface area contributed by atoms with Gasteiger partial charge in [-0.2, -0.15) is 0 Å². The van der Waals surface area contributed by atoms with Crippen molar-refractivity contribution >= 4 is 11.9 Å². The molecule has 0 aliphatic rings. The van der Waals surface area contributed by atoms with Gasteiger partial charge in [0.05, 0.1) is 27.8 Å². The fourth-order valence-electron chi connectivity index (χ4n) is 1.70. The number of carbonyl (C=O) groups excluding carboxylic acids is 2. The van der Waals surface area contributed by atoms with Gasteiger partial charge < -0.3 is 24.7 Å². The zero-order chi connectivity index (χ0) is 16.0. The first-order chi connectivity index (χ1) is 9.92. The van der Waals surface area contributed by atoms with Crippen LogP contribution in [0.1, 0.15) is 12.5 Å². The van der Waals surface area contributed by atoms with E-state index in [1.54, 1.807) is 12.1 Å². The maximum Gasteiger partial charge on any atom is 0.311 e. The van der Waals surface area contributed by atoms with E-state index in [1.165, 1.54) is 28.3 Å². The van der Waals surface area contributed by atoms with Gasteiger partial charge in [0, 0.05) is 0 Å². The standard InChI is InChI=1S/C14H19NO6/c1-8(14(15)17)21-12(16)7-9-5-10(18-2)13(20-4)11(6-9)19-3/h5-6,8H,7H2,1-4H3,(H2,15,17)/t8-/m1/s1. The average molecular weight is 297 g/mol. The van der Waals surface area contributed by atoms with Crippen LogP contribution in [0.15, 0.2) is 12.1 Å². The van der Waals surface area contributed by atoms with Gasteiger partial charge >= 0.3 is 5.97 Å². The van der Waals surface area contributed by atoms with E-state index < -0.39 is 18.0 Å². The third kappa shape index (κ3) is 4.27. The molecule has 2 N–H and O–H groups in total. The van der Waals surface area contributed by atoms with Crippen LogP contribution in [-0.4, -0.2) is 39.3 Å². The minimum absolute atomic E-state index is 0.0473. The van der Waals surface area contributed by atoms with E-state index in [1.807, 2.05) is 0 Å². The zero-order valence-electron chi connectivity index (χ0n) is 12.5. The number of rotatable bonds is 7. The Morgan fingerprint density at radius 2 is 1.62 bits per heavy atom. The highest BCUT2D eigenvalue weighted by Gasteiger charge is 2.18.